The predicted molar refractivity (Wildman–Crippen MR) is 80.5 cm³/mol. The molecule has 0 saturated carbocycles. The summed E-state index contributed by atoms with van der Waals surface area (Å²) in [7, 11) is 0. The molecule has 2 aromatic rings. The van der Waals surface area contributed by atoms with E-state index in [1.165, 1.54) is 18.2 Å². The van der Waals surface area contributed by atoms with Crippen molar-refractivity contribution in [3.63, 3.8) is 0 Å². The van der Waals surface area contributed by atoms with Crippen molar-refractivity contribution in [2.45, 2.75) is 13.0 Å². The van der Waals surface area contributed by atoms with Crippen LogP contribution in [0.2, 0.25) is 10.0 Å². The van der Waals surface area contributed by atoms with Crippen LogP contribution in [0.1, 0.15) is 28.9 Å². The molecule has 0 radical (unpaired) electrons. The number of carbonyl (C=O) groups excluding carboxylic acids is 1. The van der Waals surface area contributed by atoms with Crippen LogP contribution in [0.4, 0.5) is 0 Å². The average molecular weight is 310 g/mol. The largest absolute Gasteiger partial charge is 0.507 e. The first-order valence-corrected chi connectivity index (χ1v) is 6.78. The van der Waals surface area contributed by atoms with Gasteiger partial charge in [0.05, 0.1) is 11.6 Å². The molecule has 3 nitrogen and oxygen atoms in total. The zero-order valence-electron chi connectivity index (χ0n) is 10.7. The molecule has 0 aliphatic heterocycles. The molecule has 104 valence electrons. The molecular weight excluding hydrogens is 297 g/mol. The first-order chi connectivity index (χ1) is 9.47. The summed E-state index contributed by atoms with van der Waals surface area (Å²) in [6.07, 6.45) is 0. The fourth-order valence-electron chi connectivity index (χ4n) is 1.80. The Bertz CT molecular complexity index is 626. The van der Waals surface area contributed by atoms with Crippen molar-refractivity contribution < 1.29 is 9.90 Å². The second kappa shape index (κ2) is 6.16. The van der Waals surface area contributed by atoms with Gasteiger partial charge in [0.25, 0.3) is 5.91 Å². The van der Waals surface area contributed by atoms with E-state index in [-0.39, 0.29) is 23.3 Å². The molecule has 0 spiro atoms. The van der Waals surface area contributed by atoms with Crippen molar-refractivity contribution in [1.82, 2.24) is 5.32 Å². The van der Waals surface area contributed by atoms with E-state index < -0.39 is 0 Å². The molecule has 1 amide bonds. The van der Waals surface area contributed by atoms with Crippen LogP contribution in [-0.2, 0) is 0 Å². The standard InChI is InChI=1S/C15H13Cl2NO2/c1-9(10-2-4-11(16)5-3-10)18-15(20)13-8-12(17)6-7-14(13)19/h2-9,19H,1H3,(H,18,20)/t9-/m1/s1. The second-order valence-electron chi connectivity index (χ2n) is 4.41. The maximum absolute atomic E-state index is 12.1. The van der Waals surface area contributed by atoms with E-state index in [9.17, 15) is 9.90 Å². The minimum Gasteiger partial charge on any atom is -0.507 e. The SMILES string of the molecule is C[C@@H](NC(=O)c1cc(Cl)ccc1O)c1ccc(Cl)cc1. The molecule has 0 fully saturated rings. The van der Waals surface area contributed by atoms with Gasteiger partial charge in [-0.05, 0) is 42.8 Å². The summed E-state index contributed by atoms with van der Waals surface area (Å²) in [5, 5.41) is 13.5. The van der Waals surface area contributed by atoms with Gasteiger partial charge >= 0.3 is 0 Å². The minimum atomic E-state index is -0.382. The van der Waals surface area contributed by atoms with Gasteiger partial charge in [0.15, 0.2) is 0 Å². The highest BCUT2D eigenvalue weighted by atomic mass is 35.5. The van der Waals surface area contributed by atoms with Crippen molar-refractivity contribution in [3.05, 3.63) is 63.6 Å². The maximum atomic E-state index is 12.1. The molecule has 0 aliphatic rings. The molecule has 20 heavy (non-hydrogen) atoms. The van der Waals surface area contributed by atoms with E-state index in [2.05, 4.69) is 5.32 Å². The average Bonchev–Trinajstić information content (AvgIpc) is 2.42. The van der Waals surface area contributed by atoms with E-state index in [1.54, 1.807) is 12.1 Å². The summed E-state index contributed by atoms with van der Waals surface area (Å²) in [6, 6.07) is 11.3. The highest BCUT2D eigenvalue weighted by Gasteiger charge is 2.15. The van der Waals surface area contributed by atoms with Crippen molar-refractivity contribution in [1.29, 1.82) is 0 Å². The third kappa shape index (κ3) is 3.44. The fraction of sp³-hybridized carbons (Fsp3) is 0.133. The van der Waals surface area contributed by atoms with Gasteiger partial charge in [-0.3, -0.25) is 4.79 Å². The van der Waals surface area contributed by atoms with Crippen LogP contribution in [0.15, 0.2) is 42.5 Å². The number of hydrogen-bond acceptors (Lipinski definition) is 2. The Morgan fingerprint density at radius 3 is 2.35 bits per heavy atom. The van der Waals surface area contributed by atoms with E-state index in [1.807, 2.05) is 19.1 Å². The number of halogens is 2. The normalized spacial score (nSPS) is 11.9. The monoisotopic (exact) mass is 309 g/mol. The molecule has 0 saturated heterocycles. The molecule has 0 aliphatic carbocycles. The lowest BCUT2D eigenvalue weighted by Crippen LogP contribution is -2.26. The van der Waals surface area contributed by atoms with E-state index in [0.717, 1.165) is 5.56 Å². The number of hydrogen-bond donors (Lipinski definition) is 2. The number of aromatic hydroxyl groups is 1. The molecular formula is C15H13Cl2NO2. The van der Waals surface area contributed by atoms with Gasteiger partial charge in [-0.1, -0.05) is 35.3 Å². The Morgan fingerprint density at radius 1 is 1.10 bits per heavy atom. The van der Waals surface area contributed by atoms with E-state index in [4.69, 9.17) is 23.2 Å². The maximum Gasteiger partial charge on any atom is 0.255 e. The summed E-state index contributed by atoms with van der Waals surface area (Å²) < 4.78 is 0. The number of amides is 1. The van der Waals surface area contributed by atoms with Crippen LogP contribution in [0.5, 0.6) is 5.75 Å². The van der Waals surface area contributed by atoms with Crippen LogP contribution in [0.3, 0.4) is 0 Å². The van der Waals surface area contributed by atoms with Gasteiger partial charge in [0, 0.05) is 10.0 Å². The Kier molecular flexibility index (Phi) is 4.53. The summed E-state index contributed by atoms with van der Waals surface area (Å²) in [5.74, 6) is -0.484. The highest BCUT2D eigenvalue weighted by molar-refractivity contribution is 6.31. The fourth-order valence-corrected chi connectivity index (χ4v) is 2.10. The molecule has 0 heterocycles. The number of nitrogens with one attached hydrogen (secondary N) is 1. The molecule has 0 aromatic heterocycles. The van der Waals surface area contributed by atoms with Crippen LogP contribution >= 0.6 is 23.2 Å². The lowest BCUT2D eigenvalue weighted by atomic mass is 10.1. The third-order valence-electron chi connectivity index (χ3n) is 2.92. The van der Waals surface area contributed by atoms with Crippen molar-refractivity contribution in [2.75, 3.05) is 0 Å². The Balaban J connectivity index is 2.15. The third-order valence-corrected chi connectivity index (χ3v) is 3.41. The quantitative estimate of drug-likeness (QED) is 0.893. The lowest BCUT2D eigenvalue weighted by molar-refractivity contribution is 0.0937. The molecule has 1 atom stereocenters. The van der Waals surface area contributed by atoms with Gasteiger partial charge in [-0.15, -0.1) is 0 Å². The van der Waals surface area contributed by atoms with E-state index in [0.29, 0.717) is 10.0 Å². The Morgan fingerprint density at radius 2 is 1.70 bits per heavy atom. The van der Waals surface area contributed by atoms with Crippen molar-refractivity contribution in [3.8, 4) is 5.75 Å². The number of benzene rings is 2. The first kappa shape index (κ1) is 14.7. The smallest absolute Gasteiger partial charge is 0.255 e. The summed E-state index contributed by atoms with van der Waals surface area (Å²) in [5.41, 5.74) is 1.07. The zero-order chi connectivity index (χ0) is 14.7. The van der Waals surface area contributed by atoms with Gasteiger partial charge < -0.3 is 10.4 Å². The first-order valence-electron chi connectivity index (χ1n) is 6.02. The Labute approximate surface area is 127 Å². The molecule has 0 bridgehead atoms. The summed E-state index contributed by atoms with van der Waals surface area (Å²) in [6.45, 7) is 1.85. The summed E-state index contributed by atoms with van der Waals surface area (Å²) >= 11 is 11.6. The van der Waals surface area contributed by atoms with Crippen molar-refractivity contribution in [2.24, 2.45) is 0 Å². The topological polar surface area (TPSA) is 49.3 Å². The van der Waals surface area contributed by atoms with Gasteiger partial charge in [0.2, 0.25) is 0 Å². The molecule has 5 heteroatoms. The number of phenolic OH excluding ortho intramolecular Hbond substituents is 1. The van der Waals surface area contributed by atoms with Crippen LogP contribution in [0, 0.1) is 0 Å². The van der Waals surface area contributed by atoms with Crippen LogP contribution < -0.4 is 5.32 Å². The van der Waals surface area contributed by atoms with Crippen LogP contribution in [0.25, 0.3) is 0 Å². The molecule has 2 N–H and O–H groups in total. The van der Waals surface area contributed by atoms with Crippen molar-refractivity contribution >= 4 is 29.1 Å². The number of phenols is 1. The number of carbonyl (C=O) groups is 1. The molecule has 0 unspecified atom stereocenters. The molecule has 2 rings (SSSR count). The van der Waals surface area contributed by atoms with Crippen LogP contribution in [-0.4, -0.2) is 11.0 Å². The molecule has 2 aromatic carbocycles. The predicted octanol–water partition coefficient (Wildman–Crippen LogP) is 4.19. The summed E-state index contributed by atoms with van der Waals surface area (Å²) in [4.78, 5) is 12.1. The second-order valence-corrected chi connectivity index (χ2v) is 5.28. The number of rotatable bonds is 3. The lowest BCUT2D eigenvalue weighted by Gasteiger charge is -2.15. The van der Waals surface area contributed by atoms with E-state index >= 15 is 0 Å². The zero-order valence-corrected chi connectivity index (χ0v) is 12.2. The highest BCUT2D eigenvalue weighted by Crippen LogP contribution is 2.23. The van der Waals surface area contributed by atoms with Gasteiger partial charge in [-0.2, -0.15) is 0 Å². The Hall–Kier alpha value is -1.71. The van der Waals surface area contributed by atoms with Gasteiger partial charge in [-0.25, -0.2) is 0 Å². The van der Waals surface area contributed by atoms with Gasteiger partial charge in [0.1, 0.15) is 5.75 Å². The minimum absolute atomic E-state index is 0.102.